The van der Waals surface area contributed by atoms with E-state index in [1.54, 1.807) is 24.8 Å². The lowest BCUT2D eigenvalue weighted by Crippen LogP contribution is -1.89. The van der Waals surface area contributed by atoms with Crippen molar-refractivity contribution in [3.63, 3.8) is 0 Å². The molecule has 0 atom stereocenters. The molecule has 7 aromatic rings. The number of hydrogen-bond donors (Lipinski definition) is 2. The Morgan fingerprint density at radius 2 is 0.788 bits per heavy atom. The van der Waals surface area contributed by atoms with Gasteiger partial charge in [-0.2, -0.15) is 0 Å². The van der Waals surface area contributed by atoms with Crippen molar-refractivity contribution in [2.45, 2.75) is 0 Å². The molecule has 5 aromatic heterocycles. The molecule has 6 heteroatoms. The van der Waals surface area contributed by atoms with E-state index >= 15 is 0 Å². The van der Waals surface area contributed by atoms with Crippen LogP contribution in [0.3, 0.4) is 0 Å². The Morgan fingerprint density at radius 3 is 1.23 bits per heavy atom. The van der Waals surface area contributed by atoms with E-state index in [2.05, 4.69) is 129 Å². The summed E-state index contributed by atoms with van der Waals surface area (Å²) in [5, 5.41) is 0. The fourth-order valence-corrected chi connectivity index (χ4v) is 6.28. The maximum atomic E-state index is 5.07. The molecule has 0 fully saturated rings. The van der Waals surface area contributed by atoms with Gasteiger partial charge in [0.1, 0.15) is 0 Å². The lowest BCUT2D eigenvalue weighted by molar-refractivity contribution is 1.28. The standard InChI is InChI=1S/C46H28N6/c1(3-33-21-25-47-26-22-33)31-5-9-35(10-6-31)45-41-17-13-37(49-41)29-39-15-19-43(51-39)46(44-20-16-40(52-44)30-38-14-18-42(45)50-38)36-11-7-32(8-12-36)2-4-34-23-27-48-28-24-34/h5-30,49-50H. The van der Waals surface area contributed by atoms with Gasteiger partial charge in [0.25, 0.3) is 0 Å². The SMILES string of the molecule is C(#Cc1ccc(-c2c3nc(cc4ccc([nH]4)c(-c4ccc(C#Cc5ccncc5)cc4)c4ccc(cc5nc2C=C5)[nH]4)C=C3)cc1)c1ccncc1. The van der Waals surface area contributed by atoms with E-state index in [-0.39, 0.29) is 0 Å². The Bertz CT molecular complexity index is 2720. The lowest BCUT2D eigenvalue weighted by atomic mass is 10.0. The fraction of sp³-hybridized carbons (Fsp3) is 0. The van der Waals surface area contributed by atoms with E-state index in [1.807, 2.05) is 48.6 Å². The summed E-state index contributed by atoms with van der Waals surface area (Å²) in [5.74, 6) is 12.9. The average Bonchev–Trinajstić information content (AvgIpc) is 4.03. The van der Waals surface area contributed by atoms with E-state index in [4.69, 9.17) is 9.97 Å². The number of aromatic amines is 2. The molecular formula is C46H28N6. The molecule has 2 aliphatic rings. The summed E-state index contributed by atoms with van der Waals surface area (Å²) in [7, 11) is 0. The highest BCUT2D eigenvalue weighted by atomic mass is 14.8. The van der Waals surface area contributed by atoms with Crippen LogP contribution in [0.2, 0.25) is 0 Å². The Labute approximate surface area is 300 Å². The molecule has 6 nitrogen and oxygen atoms in total. The summed E-state index contributed by atoms with van der Waals surface area (Å²) in [6.45, 7) is 0. The van der Waals surface area contributed by atoms with Crippen LogP contribution in [0.15, 0.2) is 134 Å². The topological polar surface area (TPSA) is 83.1 Å². The third kappa shape index (κ3) is 6.44. The second-order valence-corrected chi connectivity index (χ2v) is 12.3. The summed E-state index contributed by atoms with van der Waals surface area (Å²) in [6.07, 6.45) is 15.2. The van der Waals surface area contributed by atoms with E-state index < -0.39 is 0 Å². The van der Waals surface area contributed by atoms with E-state index in [0.29, 0.717) is 0 Å². The van der Waals surface area contributed by atoms with Crippen LogP contribution in [0.5, 0.6) is 0 Å². The van der Waals surface area contributed by atoms with Crippen LogP contribution < -0.4 is 0 Å². The molecule has 2 aliphatic heterocycles. The molecule has 0 aliphatic carbocycles. The molecule has 0 radical (unpaired) electrons. The Hall–Kier alpha value is -7.54. The molecule has 0 amide bonds. The van der Waals surface area contributed by atoms with Crippen molar-refractivity contribution in [1.82, 2.24) is 29.9 Å². The first-order chi connectivity index (χ1) is 25.7. The highest BCUT2D eigenvalue weighted by Crippen LogP contribution is 2.32. The van der Waals surface area contributed by atoms with Crippen molar-refractivity contribution in [2.24, 2.45) is 0 Å². The maximum Gasteiger partial charge on any atom is 0.0737 e. The van der Waals surface area contributed by atoms with Gasteiger partial charge in [-0.3, -0.25) is 9.97 Å². The van der Waals surface area contributed by atoms with Crippen LogP contribution in [0.25, 0.3) is 68.6 Å². The van der Waals surface area contributed by atoms with Gasteiger partial charge in [0.15, 0.2) is 0 Å². The van der Waals surface area contributed by atoms with Gasteiger partial charge in [0, 0.05) is 80.2 Å². The van der Waals surface area contributed by atoms with Gasteiger partial charge in [-0.05, 0) is 120 Å². The van der Waals surface area contributed by atoms with Crippen molar-refractivity contribution in [1.29, 1.82) is 0 Å². The van der Waals surface area contributed by atoms with Crippen LogP contribution in [0, 0.1) is 23.7 Å². The summed E-state index contributed by atoms with van der Waals surface area (Å²) >= 11 is 0. The minimum Gasteiger partial charge on any atom is -0.355 e. The Morgan fingerprint density at radius 1 is 0.385 bits per heavy atom. The van der Waals surface area contributed by atoms with Gasteiger partial charge in [0.05, 0.1) is 22.8 Å². The van der Waals surface area contributed by atoms with Crippen molar-refractivity contribution in [2.75, 3.05) is 0 Å². The average molecular weight is 665 g/mol. The molecule has 0 unspecified atom stereocenters. The van der Waals surface area contributed by atoms with Gasteiger partial charge >= 0.3 is 0 Å². The van der Waals surface area contributed by atoms with Crippen LogP contribution in [0.4, 0.5) is 0 Å². The highest BCUT2D eigenvalue weighted by Gasteiger charge is 2.14. The minimum atomic E-state index is 0.854. The smallest absolute Gasteiger partial charge is 0.0737 e. The van der Waals surface area contributed by atoms with Gasteiger partial charge in [-0.1, -0.05) is 47.9 Å². The minimum absolute atomic E-state index is 0.854. The number of pyridine rings is 2. The predicted molar refractivity (Wildman–Crippen MR) is 210 cm³/mol. The molecule has 8 bridgehead atoms. The first kappa shape index (κ1) is 30.5. The van der Waals surface area contributed by atoms with E-state index in [1.165, 1.54) is 0 Å². The van der Waals surface area contributed by atoms with Crippen LogP contribution in [-0.2, 0) is 0 Å². The lowest BCUT2D eigenvalue weighted by Gasteiger charge is -2.05. The number of hydrogen-bond acceptors (Lipinski definition) is 4. The van der Waals surface area contributed by atoms with Gasteiger partial charge in [0.2, 0.25) is 0 Å². The van der Waals surface area contributed by atoms with Gasteiger partial charge in [-0.15, -0.1) is 0 Å². The van der Waals surface area contributed by atoms with Crippen LogP contribution in [0.1, 0.15) is 45.0 Å². The van der Waals surface area contributed by atoms with Gasteiger partial charge in [-0.25, -0.2) is 9.97 Å². The largest absolute Gasteiger partial charge is 0.355 e. The maximum absolute atomic E-state index is 5.07. The van der Waals surface area contributed by atoms with Crippen LogP contribution >= 0.6 is 0 Å². The molecular weight excluding hydrogens is 637 g/mol. The summed E-state index contributed by atoms with van der Waals surface area (Å²) in [5.41, 5.74) is 15.1. The van der Waals surface area contributed by atoms with Crippen molar-refractivity contribution in [3.05, 3.63) is 179 Å². The molecule has 9 rings (SSSR count). The zero-order valence-electron chi connectivity index (χ0n) is 27.8. The second kappa shape index (κ2) is 13.4. The quantitative estimate of drug-likeness (QED) is 0.180. The highest BCUT2D eigenvalue weighted by molar-refractivity contribution is 5.94. The Balaban J connectivity index is 1.15. The number of rotatable bonds is 2. The van der Waals surface area contributed by atoms with Crippen molar-refractivity contribution < 1.29 is 0 Å². The number of nitrogens with one attached hydrogen (secondary N) is 2. The van der Waals surface area contributed by atoms with E-state index in [0.717, 1.165) is 89.4 Å². The predicted octanol–water partition coefficient (Wildman–Crippen LogP) is 9.58. The molecule has 0 saturated heterocycles. The zero-order valence-corrected chi connectivity index (χ0v) is 27.8. The number of nitrogens with zero attached hydrogens (tertiary/aromatic N) is 4. The normalized spacial score (nSPS) is 11.4. The number of aromatic nitrogens is 6. The third-order valence-electron chi connectivity index (χ3n) is 8.81. The third-order valence-corrected chi connectivity index (χ3v) is 8.81. The number of fused-ring (bicyclic) bond motifs is 8. The monoisotopic (exact) mass is 664 g/mol. The molecule has 2 N–H and O–H groups in total. The Kier molecular flexibility index (Phi) is 7.86. The first-order valence-electron chi connectivity index (χ1n) is 16.9. The van der Waals surface area contributed by atoms with Crippen molar-refractivity contribution in [3.8, 4) is 45.9 Å². The van der Waals surface area contributed by atoms with E-state index in [9.17, 15) is 0 Å². The molecule has 52 heavy (non-hydrogen) atoms. The molecule has 7 heterocycles. The molecule has 2 aromatic carbocycles. The second-order valence-electron chi connectivity index (χ2n) is 12.3. The molecule has 0 saturated carbocycles. The van der Waals surface area contributed by atoms with Crippen molar-refractivity contribution >= 4 is 46.4 Å². The summed E-state index contributed by atoms with van der Waals surface area (Å²) in [6, 6.07) is 36.8. The molecule has 0 spiro atoms. The fourth-order valence-electron chi connectivity index (χ4n) is 6.28. The van der Waals surface area contributed by atoms with Crippen LogP contribution in [-0.4, -0.2) is 29.9 Å². The number of H-pyrrole nitrogens is 2. The number of benzene rings is 2. The molecule has 242 valence electrons. The summed E-state index contributed by atoms with van der Waals surface area (Å²) in [4.78, 5) is 25.6. The zero-order chi connectivity index (χ0) is 34.7. The first-order valence-corrected chi connectivity index (χ1v) is 16.9. The summed E-state index contributed by atoms with van der Waals surface area (Å²) < 4.78 is 0. The van der Waals surface area contributed by atoms with Gasteiger partial charge < -0.3 is 9.97 Å².